The van der Waals surface area contributed by atoms with Crippen LogP contribution in [0.25, 0.3) is 0 Å². The summed E-state index contributed by atoms with van der Waals surface area (Å²) in [5.74, 6) is 0.769. The molecule has 1 aliphatic carbocycles. The van der Waals surface area contributed by atoms with E-state index in [0.29, 0.717) is 11.7 Å². The minimum atomic E-state index is -0.0771. The van der Waals surface area contributed by atoms with Crippen molar-refractivity contribution < 1.29 is 9.53 Å². The van der Waals surface area contributed by atoms with Gasteiger partial charge in [0.2, 0.25) is 0 Å². The number of imidazole rings is 1. The van der Waals surface area contributed by atoms with E-state index in [2.05, 4.69) is 4.98 Å². The zero-order valence-electron chi connectivity index (χ0n) is 11.4. The van der Waals surface area contributed by atoms with Crippen LogP contribution in [0.1, 0.15) is 42.5 Å². The lowest BCUT2D eigenvalue weighted by Gasteiger charge is -2.23. The van der Waals surface area contributed by atoms with Crippen molar-refractivity contribution in [2.75, 3.05) is 0 Å². The molecule has 1 heterocycles. The van der Waals surface area contributed by atoms with Gasteiger partial charge in [0.15, 0.2) is 0 Å². The van der Waals surface area contributed by atoms with Crippen LogP contribution in [0.2, 0.25) is 0 Å². The number of hydrogen-bond acceptors (Lipinski definition) is 3. The van der Waals surface area contributed by atoms with Gasteiger partial charge in [-0.1, -0.05) is 6.42 Å². The summed E-state index contributed by atoms with van der Waals surface area (Å²) in [6.07, 6.45) is 11.2. The van der Waals surface area contributed by atoms with Gasteiger partial charge in [-0.15, -0.1) is 0 Å². The zero-order chi connectivity index (χ0) is 13.8. The van der Waals surface area contributed by atoms with E-state index in [9.17, 15) is 4.79 Å². The molecule has 1 saturated carbocycles. The fraction of sp³-hybridized carbons (Fsp3) is 0.375. The molecular weight excluding hydrogens is 252 g/mol. The molecule has 1 aliphatic rings. The average Bonchev–Trinajstić information content (AvgIpc) is 3.03. The van der Waals surface area contributed by atoms with Gasteiger partial charge in [-0.25, -0.2) is 4.98 Å². The first-order valence-electron chi connectivity index (χ1n) is 7.12. The molecule has 4 nitrogen and oxygen atoms in total. The summed E-state index contributed by atoms with van der Waals surface area (Å²) in [6.45, 7) is 0. The number of aromatic nitrogens is 2. The maximum absolute atomic E-state index is 12.1. The molecule has 1 aromatic heterocycles. The van der Waals surface area contributed by atoms with E-state index < -0.39 is 0 Å². The number of benzene rings is 1. The van der Waals surface area contributed by atoms with Gasteiger partial charge in [0.1, 0.15) is 12.1 Å². The van der Waals surface area contributed by atoms with Crippen LogP contribution in [0.5, 0.6) is 5.75 Å². The number of rotatable bonds is 3. The van der Waals surface area contributed by atoms with Gasteiger partial charge in [-0.3, -0.25) is 9.36 Å². The Morgan fingerprint density at radius 3 is 2.55 bits per heavy atom. The molecule has 3 rings (SSSR count). The number of hydrogen-bond donors (Lipinski definition) is 0. The monoisotopic (exact) mass is 270 g/mol. The van der Waals surface area contributed by atoms with Crippen molar-refractivity contribution in [3.05, 3.63) is 48.5 Å². The molecular formula is C16H18N2O2. The maximum atomic E-state index is 12.1. The van der Waals surface area contributed by atoms with Gasteiger partial charge < -0.3 is 4.74 Å². The Morgan fingerprint density at radius 1 is 1.15 bits per heavy atom. The fourth-order valence-electron chi connectivity index (χ4n) is 2.58. The maximum Gasteiger partial charge on any atom is 0.263 e. The van der Waals surface area contributed by atoms with Crippen LogP contribution in [0.4, 0.5) is 0 Å². The Morgan fingerprint density at radius 2 is 1.90 bits per heavy atom. The van der Waals surface area contributed by atoms with Crippen molar-refractivity contribution in [2.45, 2.75) is 38.2 Å². The van der Waals surface area contributed by atoms with Crippen LogP contribution < -0.4 is 4.74 Å². The fourth-order valence-corrected chi connectivity index (χ4v) is 2.58. The van der Waals surface area contributed by atoms with Crippen LogP contribution in [-0.2, 0) is 0 Å². The quantitative estimate of drug-likeness (QED) is 0.859. The second kappa shape index (κ2) is 5.90. The lowest BCUT2D eigenvalue weighted by Crippen LogP contribution is -2.19. The van der Waals surface area contributed by atoms with Gasteiger partial charge in [-0.2, -0.15) is 0 Å². The molecule has 0 N–H and O–H groups in total. The Kier molecular flexibility index (Phi) is 3.81. The van der Waals surface area contributed by atoms with Crippen molar-refractivity contribution in [1.82, 2.24) is 9.55 Å². The van der Waals surface area contributed by atoms with Crippen LogP contribution in [-0.4, -0.2) is 21.6 Å². The van der Waals surface area contributed by atoms with E-state index in [1.807, 2.05) is 12.1 Å². The van der Waals surface area contributed by atoms with Gasteiger partial charge in [0.05, 0.1) is 6.10 Å². The first-order valence-corrected chi connectivity index (χ1v) is 7.12. The molecule has 1 fully saturated rings. The molecule has 0 amide bonds. The predicted octanol–water partition coefficient (Wildman–Crippen LogP) is 3.28. The van der Waals surface area contributed by atoms with E-state index >= 15 is 0 Å². The van der Waals surface area contributed by atoms with Crippen molar-refractivity contribution in [3.8, 4) is 5.75 Å². The second-order valence-electron chi connectivity index (χ2n) is 5.18. The minimum absolute atomic E-state index is 0.0771. The van der Waals surface area contributed by atoms with E-state index in [-0.39, 0.29) is 5.91 Å². The van der Waals surface area contributed by atoms with Crippen LogP contribution in [0.15, 0.2) is 43.0 Å². The van der Waals surface area contributed by atoms with Crippen molar-refractivity contribution in [2.24, 2.45) is 0 Å². The summed E-state index contributed by atoms with van der Waals surface area (Å²) in [4.78, 5) is 16.0. The third kappa shape index (κ3) is 2.90. The number of carbonyl (C=O) groups excluding carboxylic acids is 1. The molecule has 4 heteroatoms. The average molecular weight is 270 g/mol. The Labute approximate surface area is 118 Å². The number of nitrogens with zero attached hydrogens (tertiary/aromatic N) is 2. The highest BCUT2D eigenvalue weighted by atomic mass is 16.5. The first kappa shape index (κ1) is 12.9. The van der Waals surface area contributed by atoms with Crippen LogP contribution >= 0.6 is 0 Å². The summed E-state index contributed by atoms with van der Waals surface area (Å²) in [5.41, 5.74) is 0.638. The molecule has 0 aliphatic heterocycles. The first-order chi connectivity index (χ1) is 9.83. The van der Waals surface area contributed by atoms with Crippen LogP contribution in [0, 0.1) is 0 Å². The summed E-state index contributed by atoms with van der Waals surface area (Å²) < 4.78 is 7.42. The highest BCUT2D eigenvalue weighted by Crippen LogP contribution is 2.23. The Hall–Kier alpha value is -2.10. The number of carbonyl (C=O) groups is 1. The minimum Gasteiger partial charge on any atom is -0.490 e. The van der Waals surface area contributed by atoms with Crippen molar-refractivity contribution in [3.63, 3.8) is 0 Å². The van der Waals surface area contributed by atoms with Crippen LogP contribution in [0.3, 0.4) is 0 Å². The Bertz CT molecular complexity index is 555. The molecule has 0 spiro atoms. The molecule has 0 unspecified atom stereocenters. The molecule has 0 saturated heterocycles. The second-order valence-corrected chi connectivity index (χ2v) is 5.18. The van der Waals surface area contributed by atoms with E-state index in [1.165, 1.54) is 30.2 Å². The summed E-state index contributed by atoms with van der Waals surface area (Å²) >= 11 is 0. The SMILES string of the molecule is O=C(c1ccc(OC2CCCCC2)cc1)n1ccnc1. The molecule has 104 valence electrons. The largest absolute Gasteiger partial charge is 0.490 e. The molecule has 2 aromatic rings. The molecule has 0 bridgehead atoms. The zero-order valence-corrected chi connectivity index (χ0v) is 11.4. The number of ether oxygens (including phenoxy) is 1. The molecule has 1 aromatic carbocycles. The van der Waals surface area contributed by atoms with Gasteiger partial charge >= 0.3 is 0 Å². The van der Waals surface area contributed by atoms with Gasteiger partial charge in [-0.05, 0) is 49.9 Å². The smallest absolute Gasteiger partial charge is 0.263 e. The highest BCUT2D eigenvalue weighted by molar-refractivity contribution is 5.95. The third-order valence-electron chi connectivity index (χ3n) is 3.70. The Balaban J connectivity index is 1.66. The van der Waals surface area contributed by atoms with Gasteiger partial charge in [0.25, 0.3) is 5.91 Å². The van der Waals surface area contributed by atoms with E-state index in [1.54, 1.807) is 24.5 Å². The predicted molar refractivity (Wildman–Crippen MR) is 75.9 cm³/mol. The summed E-state index contributed by atoms with van der Waals surface area (Å²) in [7, 11) is 0. The lowest BCUT2D eigenvalue weighted by atomic mass is 9.98. The topological polar surface area (TPSA) is 44.1 Å². The van der Waals surface area contributed by atoms with E-state index in [4.69, 9.17) is 4.74 Å². The summed E-state index contributed by atoms with van der Waals surface area (Å²) in [6, 6.07) is 7.36. The molecule has 0 radical (unpaired) electrons. The van der Waals surface area contributed by atoms with Gasteiger partial charge in [0, 0.05) is 18.0 Å². The van der Waals surface area contributed by atoms with Crippen molar-refractivity contribution in [1.29, 1.82) is 0 Å². The lowest BCUT2D eigenvalue weighted by molar-refractivity contribution is 0.0959. The summed E-state index contributed by atoms with van der Waals surface area (Å²) in [5, 5.41) is 0. The molecule has 20 heavy (non-hydrogen) atoms. The standard InChI is InChI=1S/C16H18N2O2/c19-16(18-11-10-17-12-18)13-6-8-15(9-7-13)20-14-4-2-1-3-5-14/h6-12,14H,1-5H2. The normalized spacial score (nSPS) is 16.0. The van der Waals surface area contributed by atoms with Crippen molar-refractivity contribution >= 4 is 5.91 Å². The van der Waals surface area contributed by atoms with E-state index in [0.717, 1.165) is 18.6 Å². The third-order valence-corrected chi connectivity index (χ3v) is 3.70. The molecule has 0 atom stereocenters. The highest BCUT2D eigenvalue weighted by Gasteiger charge is 2.15.